The molecule has 0 bridgehead atoms. The SMILES string of the molecule is CC(=O)OCC1(C)CC2CCCc3cccc(c32)O1. The average Bonchev–Trinajstić information content (AvgIpc) is 2.37. The molecule has 0 fully saturated rings. The molecule has 0 saturated carbocycles. The molecule has 1 aromatic carbocycles. The molecule has 1 heterocycles. The van der Waals surface area contributed by atoms with Crippen LogP contribution >= 0.6 is 0 Å². The summed E-state index contributed by atoms with van der Waals surface area (Å²) in [6.45, 7) is 3.82. The van der Waals surface area contributed by atoms with Crippen molar-refractivity contribution in [3.8, 4) is 5.75 Å². The summed E-state index contributed by atoms with van der Waals surface area (Å²) in [5.41, 5.74) is 2.44. The highest BCUT2D eigenvalue weighted by Gasteiger charge is 2.40. The van der Waals surface area contributed by atoms with Crippen molar-refractivity contribution in [2.75, 3.05) is 6.61 Å². The number of rotatable bonds is 2. The standard InChI is InChI=1S/C16H20O3/c1-11(17)18-10-16(2)9-13-7-3-5-12-6-4-8-14(19-16)15(12)13/h4,6,8,13H,3,5,7,9-10H2,1-2H3. The highest BCUT2D eigenvalue weighted by molar-refractivity contribution is 5.66. The first-order valence-corrected chi connectivity index (χ1v) is 7.02. The van der Waals surface area contributed by atoms with Gasteiger partial charge in [0.25, 0.3) is 0 Å². The smallest absolute Gasteiger partial charge is 0.302 e. The van der Waals surface area contributed by atoms with Crippen molar-refractivity contribution in [1.29, 1.82) is 0 Å². The van der Waals surface area contributed by atoms with E-state index in [0.717, 1.165) is 18.6 Å². The zero-order chi connectivity index (χ0) is 13.5. The molecule has 2 aliphatic rings. The molecule has 1 aliphatic carbocycles. The Morgan fingerprint density at radius 2 is 2.37 bits per heavy atom. The number of carbonyl (C=O) groups is 1. The Morgan fingerprint density at radius 1 is 1.53 bits per heavy atom. The second-order valence-electron chi connectivity index (χ2n) is 5.95. The molecule has 2 unspecified atom stereocenters. The van der Waals surface area contributed by atoms with E-state index in [1.807, 2.05) is 13.0 Å². The normalized spacial score (nSPS) is 28.2. The van der Waals surface area contributed by atoms with Gasteiger partial charge in [0.05, 0.1) is 0 Å². The van der Waals surface area contributed by atoms with Crippen LogP contribution in [0.25, 0.3) is 0 Å². The fraction of sp³-hybridized carbons (Fsp3) is 0.562. The van der Waals surface area contributed by atoms with Gasteiger partial charge in [0.15, 0.2) is 0 Å². The van der Waals surface area contributed by atoms with Crippen LogP contribution in [0, 0.1) is 0 Å². The first-order valence-electron chi connectivity index (χ1n) is 7.02. The third kappa shape index (κ3) is 2.34. The van der Waals surface area contributed by atoms with Crippen LogP contribution in [-0.4, -0.2) is 18.2 Å². The second-order valence-corrected chi connectivity index (χ2v) is 5.95. The maximum absolute atomic E-state index is 11.0. The fourth-order valence-electron chi connectivity index (χ4n) is 3.42. The van der Waals surface area contributed by atoms with E-state index in [2.05, 4.69) is 12.1 Å². The summed E-state index contributed by atoms with van der Waals surface area (Å²) in [4.78, 5) is 11.0. The minimum absolute atomic E-state index is 0.243. The van der Waals surface area contributed by atoms with Gasteiger partial charge < -0.3 is 9.47 Å². The van der Waals surface area contributed by atoms with E-state index in [0.29, 0.717) is 12.5 Å². The van der Waals surface area contributed by atoms with Crippen LogP contribution in [0.5, 0.6) is 5.75 Å². The van der Waals surface area contributed by atoms with Gasteiger partial charge in [-0.2, -0.15) is 0 Å². The van der Waals surface area contributed by atoms with E-state index in [4.69, 9.17) is 9.47 Å². The molecule has 1 aliphatic heterocycles. The van der Waals surface area contributed by atoms with E-state index in [9.17, 15) is 4.79 Å². The zero-order valence-corrected chi connectivity index (χ0v) is 11.6. The van der Waals surface area contributed by atoms with Crippen molar-refractivity contribution in [1.82, 2.24) is 0 Å². The van der Waals surface area contributed by atoms with Gasteiger partial charge in [-0.15, -0.1) is 0 Å². The molecule has 0 radical (unpaired) electrons. The number of hydrogen-bond donors (Lipinski definition) is 0. The van der Waals surface area contributed by atoms with Gasteiger partial charge in [-0.05, 0) is 50.2 Å². The lowest BCUT2D eigenvalue weighted by atomic mass is 9.75. The summed E-state index contributed by atoms with van der Waals surface area (Å²) < 4.78 is 11.3. The van der Waals surface area contributed by atoms with Crippen molar-refractivity contribution >= 4 is 5.97 Å². The molecular formula is C16H20O3. The van der Waals surface area contributed by atoms with Crippen LogP contribution < -0.4 is 4.74 Å². The van der Waals surface area contributed by atoms with Gasteiger partial charge in [0, 0.05) is 12.5 Å². The summed E-state index contributed by atoms with van der Waals surface area (Å²) in [7, 11) is 0. The molecule has 0 aromatic heterocycles. The number of carbonyl (C=O) groups excluding carboxylic acids is 1. The van der Waals surface area contributed by atoms with Gasteiger partial charge >= 0.3 is 5.97 Å². The molecule has 0 amide bonds. The van der Waals surface area contributed by atoms with E-state index in [1.54, 1.807) is 0 Å². The second kappa shape index (κ2) is 4.55. The summed E-state index contributed by atoms with van der Waals surface area (Å²) in [6.07, 6.45) is 4.54. The van der Waals surface area contributed by atoms with Gasteiger partial charge in [-0.3, -0.25) is 4.79 Å². The Balaban J connectivity index is 1.89. The number of aryl methyl sites for hydroxylation is 1. The van der Waals surface area contributed by atoms with Crippen LogP contribution in [0.15, 0.2) is 18.2 Å². The predicted molar refractivity (Wildman–Crippen MR) is 72.4 cm³/mol. The fourth-order valence-corrected chi connectivity index (χ4v) is 3.42. The van der Waals surface area contributed by atoms with Crippen molar-refractivity contribution < 1.29 is 14.3 Å². The lowest BCUT2D eigenvalue weighted by molar-refractivity contribution is -0.147. The molecule has 3 rings (SSSR count). The maximum atomic E-state index is 11.0. The molecule has 2 atom stereocenters. The highest BCUT2D eigenvalue weighted by atomic mass is 16.6. The Labute approximate surface area is 113 Å². The van der Waals surface area contributed by atoms with Gasteiger partial charge in [0.2, 0.25) is 0 Å². The third-order valence-electron chi connectivity index (χ3n) is 4.18. The molecule has 3 heteroatoms. The number of ether oxygens (including phenoxy) is 2. The number of hydrogen-bond acceptors (Lipinski definition) is 3. The monoisotopic (exact) mass is 260 g/mol. The van der Waals surface area contributed by atoms with Gasteiger partial charge in [-0.1, -0.05) is 12.1 Å². The average molecular weight is 260 g/mol. The largest absolute Gasteiger partial charge is 0.484 e. The quantitative estimate of drug-likeness (QED) is 0.766. The topological polar surface area (TPSA) is 35.5 Å². The third-order valence-corrected chi connectivity index (χ3v) is 4.18. The van der Waals surface area contributed by atoms with Gasteiger partial charge in [-0.25, -0.2) is 0 Å². The van der Waals surface area contributed by atoms with Crippen LogP contribution in [0.3, 0.4) is 0 Å². The zero-order valence-electron chi connectivity index (χ0n) is 11.6. The maximum Gasteiger partial charge on any atom is 0.302 e. The Kier molecular flexibility index (Phi) is 3.00. The molecular weight excluding hydrogens is 240 g/mol. The van der Waals surface area contributed by atoms with E-state index >= 15 is 0 Å². The summed E-state index contributed by atoms with van der Waals surface area (Å²) in [5.74, 6) is 1.30. The molecule has 19 heavy (non-hydrogen) atoms. The lowest BCUT2D eigenvalue weighted by Gasteiger charge is -2.42. The highest BCUT2D eigenvalue weighted by Crippen LogP contribution is 2.47. The van der Waals surface area contributed by atoms with Gasteiger partial charge in [0.1, 0.15) is 18.0 Å². The number of benzene rings is 1. The predicted octanol–water partition coefficient (Wildman–Crippen LogP) is 3.21. The minimum Gasteiger partial charge on any atom is -0.484 e. The molecule has 0 saturated heterocycles. The molecule has 102 valence electrons. The first kappa shape index (κ1) is 12.5. The minimum atomic E-state index is -0.390. The Morgan fingerprint density at radius 3 is 3.16 bits per heavy atom. The lowest BCUT2D eigenvalue weighted by Crippen LogP contribution is -2.43. The Hall–Kier alpha value is -1.51. The molecule has 0 spiro atoms. The van der Waals surface area contributed by atoms with Crippen LogP contribution in [0.2, 0.25) is 0 Å². The first-order chi connectivity index (χ1) is 9.07. The van der Waals surface area contributed by atoms with Crippen LogP contribution in [0.1, 0.15) is 50.2 Å². The Bertz CT molecular complexity index is 509. The number of esters is 1. The molecule has 1 aromatic rings. The van der Waals surface area contributed by atoms with Crippen molar-refractivity contribution in [2.45, 2.75) is 51.0 Å². The van der Waals surface area contributed by atoms with E-state index in [1.165, 1.54) is 30.9 Å². The molecule has 3 nitrogen and oxygen atoms in total. The summed E-state index contributed by atoms with van der Waals surface area (Å²) >= 11 is 0. The molecule has 0 N–H and O–H groups in total. The van der Waals surface area contributed by atoms with E-state index in [-0.39, 0.29) is 11.6 Å². The van der Waals surface area contributed by atoms with Crippen molar-refractivity contribution in [3.63, 3.8) is 0 Å². The van der Waals surface area contributed by atoms with Crippen LogP contribution in [-0.2, 0) is 16.0 Å². The summed E-state index contributed by atoms with van der Waals surface area (Å²) in [6, 6.07) is 6.32. The van der Waals surface area contributed by atoms with E-state index < -0.39 is 0 Å². The summed E-state index contributed by atoms with van der Waals surface area (Å²) in [5, 5.41) is 0. The van der Waals surface area contributed by atoms with Crippen molar-refractivity contribution in [3.05, 3.63) is 29.3 Å². The van der Waals surface area contributed by atoms with Crippen LogP contribution in [0.4, 0.5) is 0 Å². The van der Waals surface area contributed by atoms with Crippen molar-refractivity contribution in [2.24, 2.45) is 0 Å².